The molecule has 0 aliphatic rings. The van der Waals surface area contributed by atoms with E-state index in [1.807, 2.05) is 39.0 Å². The fourth-order valence-corrected chi connectivity index (χ4v) is 2.35. The highest BCUT2D eigenvalue weighted by Crippen LogP contribution is 2.19. The lowest BCUT2D eigenvalue weighted by Crippen LogP contribution is -2.31. The third kappa shape index (κ3) is 3.68. The summed E-state index contributed by atoms with van der Waals surface area (Å²) in [5, 5.41) is 3.13. The van der Waals surface area contributed by atoms with Crippen molar-refractivity contribution < 1.29 is 4.79 Å². The Morgan fingerprint density at radius 3 is 2.90 bits per heavy atom. The summed E-state index contributed by atoms with van der Waals surface area (Å²) in [6.45, 7) is 5.35. The molecule has 0 bridgehead atoms. The standard InChI is InChI=1S/C16H24N4O/c1-12(2)15(21)7-9-20-14(11-19(4)17-3)10-13-6-5-8-18-16(13)20/h5-6,8,10,12,17H,7,9,11H2,1-4H3. The molecule has 0 aliphatic carbocycles. The van der Waals surface area contributed by atoms with Gasteiger partial charge < -0.3 is 4.57 Å². The molecular weight excluding hydrogens is 264 g/mol. The molecule has 0 spiro atoms. The van der Waals surface area contributed by atoms with E-state index in [-0.39, 0.29) is 5.92 Å². The van der Waals surface area contributed by atoms with Crippen LogP contribution in [0.1, 0.15) is 26.0 Å². The SMILES string of the molecule is CNN(C)Cc1cc2cccnc2n1CCC(=O)C(C)C. The van der Waals surface area contributed by atoms with Crippen molar-refractivity contribution >= 4 is 16.8 Å². The number of aromatic nitrogens is 2. The maximum Gasteiger partial charge on any atom is 0.140 e. The minimum absolute atomic E-state index is 0.0863. The molecule has 0 saturated carbocycles. The number of carbonyl (C=O) groups excluding carboxylic acids is 1. The van der Waals surface area contributed by atoms with Gasteiger partial charge in [-0.3, -0.25) is 10.2 Å². The molecule has 2 heterocycles. The van der Waals surface area contributed by atoms with Gasteiger partial charge in [0.25, 0.3) is 0 Å². The molecule has 0 atom stereocenters. The normalized spacial score (nSPS) is 11.7. The number of hydrogen-bond acceptors (Lipinski definition) is 4. The van der Waals surface area contributed by atoms with Gasteiger partial charge in [0.05, 0.1) is 6.54 Å². The quantitative estimate of drug-likeness (QED) is 0.794. The fraction of sp³-hybridized carbons (Fsp3) is 0.500. The molecule has 0 unspecified atom stereocenters. The van der Waals surface area contributed by atoms with Crippen LogP contribution in [0.5, 0.6) is 0 Å². The molecule has 0 aromatic carbocycles. The highest BCUT2D eigenvalue weighted by Gasteiger charge is 2.13. The lowest BCUT2D eigenvalue weighted by molar-refractivity contribution is -0.122. The first-order chi connectivity index (χ1) is 10.0. The molecule has 0 fully saturated rings. The van der Waals surface area contributed by atoms with Gasteiger partial charge in [-0.05, 0) is 25.2 Å². The van der Waals surface area contributed by atoms with Crippen LogP contribution in [-0.2, 0) is 17.9 Å². The number of Topliss-reactive ketones (excluding diaryl/α,β-unsaturated/α-hetero) is 1. The Labute approximate surface area is 125 Å². The van der Waals surface area contributed by atoms with E-state index in [1.54, 1.807) is 6.20 Å². The van der Waals surface area contributed by atoms with E-state index in [0.717, 1.165) is 23.3 Å². The van der Waals surface area contributed by atoms with Crippen LogP contribution in [0.25, 0.3) is 11.0 Å². The number of fused-ring (bicyclic) bond motifs is 1. The topological polar surface area (TPSA) is 50.2 Å². The second-order valence-corrected chi connectivity index (χ2v) is 5.65. The van der Waals surface area contributed by atoms with Gasteiger partial charge in [0, 0.05) is 43.2 Å². The van der Waals surface area contributed by atoms with E-state index in [9.17, 15) is 4.79 Å². The Hall–Kier alpha value is -1.72. The number of pyridine rings is 1. The second-order valence-electron chi connectivity index (χ2n) is 5.65. The van der Waals surface area contributed by atoms with Crippen LogP contribution in [0.3, 0.4) is 0 Å². The zero-order chi connectivity index (χ0) is 15.4. The van der Waals surface area contributed by atoms with Crippen molar-refractivity contribution in [3.63, 3.8) is 0 Å². The molecule has 2 aromatic rings. The Balaban J connectivity index is 2.29. The molecule has 0 saturated heterocycles. The number of nitrogens with zero attached hydrogens (tertiary/aromatic N) is 3. The minimum atomic E-state index is 0.0863. The first kappa shape index (κ1) is 15.7. The Morgan fingerprint density at radius 2 is 2.24 bits per heavy atom. The van der Waals surface area contributed by atoms with E-state index in [2.05, 4.69) is 27.1 Å². The van der Waals surface area contributed by atoms with Gasteiger partial charge in [-0.15, -0.1) is 0 Å². The van der Waals surface area contributed by atoms with Gasteiger partial charge in [0.1, 0.15) is 11.4 Å². The second kappa shape index (κ2) is 6.83. The van der Waals surface area contributed by atoms with E-state index >= 15 is 0 Å². The zero-order valence-corrected chi connectivity index (χ0v) is 13.3. The number of carbonyl (C=O) groups is 1. The van der Waals surface area contributed by atoms with Crippen molar-refractivity contribution in [1.82, 2.24) is 20.0 Å². The number of hydrazine groups is 1. The first-order valence-electron chi connectivity index (χ1n) is 7.37. The molecule has 1 N–H and O–H groups in total. The average Bonchev–Trinajstić information content (AvgIpc) is 2.81. The lowest BCUT2D eigenvalue weighted by Gasteiger charge is -2.17. The van der Waals surface area contributed by atoms with Crippen molar-refractivity contribution in [1.29, 1.82) is 0 Å². The molecule has 5 nitrogen and oxygen atoms in total. The molecule has 21 heavy (non-hydrogen) atoms. The summed E-state index contributed by atoms with van der Waals surface area (Å²) in [6, 6.07) is 6.15. The number of hydrogen-bond donors (Lipinski definition) is 1. The van der Waals surface area contributed by atoms with Crippen LogP contribution in [0.4, 0.5) is 0 Å². The van der Waals surface area contributed by atoms with E-state index < -0.39 is 0 Å². The Bertz CT molecular complexity index is 618. The minimum Gasteiger partial charge on any atom is -0.328 e. The molecule has 0 amide bonds. The number of nitrogens with one attached hydrogen (secondary N) is 1. The van der Waals surface area contributed by atoms with Crippen LogP contribution >= 0.6 is 0 Å². The number of ketones is 1. The lowest BCUT2D eigenvalue weighted by atomic mass is 10.1. The van der Waals surface area contributed by atoms with Crippen LogP contribution in [0, 0.1) is 5.92 Å². The summed E-state index contributed by atoms with van der Waals surface area (Å²) in [5.41, 5.74) is 5.22. The highest BCUT2D eigenvalue weighted by molar-refractivity contribution is 5.81. The molecule has 2 rings (SSSR count). The monoisotopic (exact) mass is 288 g/mol. The highest BCUT2D eigenvalue weighted by atomic mass is 16.1. The first-order valence-corrected chi connectivity index (χ1v) is 7.37. The van der Waals surface area contributed by atoms with Crippen LogP contribution in [-0.4, -0.2) is 34.4 Å². The van der Waals surface area contributed by atoms with E-state index in [0.29, 0.717) is 18.7 Å². The number of rotatable bonds is 7. The van der Waals surface area contributed by atoms with E-state index in [4.69, 9.17) is 0 Å². The van der Waals surface area contributed by atoms with E-state index in [1.165, 1.54) is 0 Å². The van der Waals surface area contributed by atoms with Gasteiger partial charge in [0.2, 0.25) is 0 Å². The summed E-state index contributed by atoms with van der Waals surface area (Å²) >= 11 is 0. The molecule has 5 heteroatoms. The van der Waals surface area contributed by atoms with Crippen LogP contribution < -0.4 is 5.43 Å². The summed E-state index contributed by atoms with van der Waals surface area (Å²) in [7, 11) is 3.89. The largest absolute Gasteiger partial charge is 0.328 e. The zero-order valence-electron chi connectivity index (χ0n) is 13.3. The molecule has 0 aliphatic heterocycles. The average molecular weight is 288 g/mol. The maximum atomic E-state index is 11.9. The fourth-order valence-electron chi connectivity index (χ4n) is 2.35. The maximum absolute atomic E-state index is 11.9. The van der Waals surface area contributed by atoms with Gasteiger partial charge in [0.15, 0.2) is 0 Å². The summed E-state index contributed by atoms with van der Waals surface area (Å²) in [4.78, 5) is 16.4. The Morgan fingerprint density at radius 1 is 1.48 bits per heavy atom. The van der Waals surface area contributed by atoms with Crippen molar-refractivity contribution in [2.75, 3.05) is 14.1 Å². The summed E-state index contributed by atoms with van der Waals surface area (Å²) in [6.07, 6.45) is 2.35. The van der Waals surface area contributed by atoms with Gasteiger partial charge in [-0.25, -0.2) is 9.99 Å². The number of aryl methyl sites for hydroxylation is 1. The summed E-state index contributed by atoms with van der Waals surface area (Å²) in [5.74, 6) is 0.379. The van der Waals surface area contributed by atoms with Crippen LogP contribution in [0.15, 0.2) is 24.4 Å². The van der Waals surface area contributed by atoms with Crippen molar-refractivity contribution in [2.24, 2.45) is 5.92 Å². The molecule has 2 aromatic heterocycles. The van der Waals surface area contributed by atoms with Crippen molar-refractivity contribution in [2.45, 2.75) is 33.4 Å². The smallest absolute Gasteiger partial charge is 0.140 e. The molecule has 0 radical (unpaired) electrons. The molecule has 114 valence electrons. The Kier molecular flexibility index (Phi) is 5.09. The third-order valence-corrected chi connectivity index (χ3v) is 3.75. The predicted octanol–water partition coefficient (Wildman–Crippen LogP) is 2.22. The summed E-state index contributed by atoms with van der Waals surface area (Å²) < 4.78 is 2.16. The van der Waals surface area contributed by atoms with Gasteiger partial charge >= 0.3 is 0 Å². The van der Waals surface area contributed by atoms with Crippen molar-refractivity contribution in [3.05, 3.63) is 30.1 Å². The van der Waals surface area contributed by atoms with Gasteiger partial charge in [-0.2, -0.15) is 0 Å². The van der Waals surface area contributed by atoms with Crippen molar-refractivity contribution in [3.8, 4) is 0 Å². The predicted molar refractivity (Wildman–Crippen MR) is 84.7 cm³/mol. The van der Waals surface area contributed by atoms with Crippen LogP contribution in [0.2, 0.25) is 0 Å². The third-order valence-electron chi connectivity index (χ3n) is 3.75. The van der Waals surface area contributed by atoms with Gasteiger partial charge in [-0.1, -0.05) is 13.8 Å². The molecular formula is C16H24N4O.